The molecule has 0 radical (unpaired) electrons. The van der Waals surface area contributed by atoms with Crippen molar-refractivity contribution in [1.82, 2.24) is 0 Å². The van der Waals surface area contributed by atoms with Crippen LogP contribution in [0.5, 0.6) is 0 Å². The predicted molar refractivity (Wildman–Crippen MR) is 61.7 cm³/mol. The van der Waals surface area contributed by atoms with Crippen LogP contribution in [0.1, 0.15) is 25.7 Å². The third kappa shape index (κ3) is 8.83. The lowest BCUT2D eigenvalue weighted by molar-refractivity contribution is 0.176. The standard InChI is InChI=1S/C12H20F2O3/c1-15-7-3-5-11(9-13)17-12(10-14)6-4-8-16-2/h9-10H,3-8H2,1-2H3. The Kier molecular flexibility index (Phi) is 10.9. The van der Waals surface area contributed by atoms with Crippen LogP contribution in [0.2, 0.25) is 0 Å². The minimum Gasteiger partial charge on any atom is -0.461 e. The second-order valence-electron chi connectivity index (χ2n) is 3.45. The summed E-state index contributed by atoms with van der Waals surface area (Å²) in [5, 5.41) is 0. The number of hydrogen-bond acceptors (Lipinski definition) is 3. The summed E-state index contributed by atoms with van der Waals surface area (Å²) in [6.45, 7) is 1.03. The molecule has 0 saturated heterocycles. The SMILES string of the molecule is COCCCC(=CF)OC(=CF)CCCOC. The Labute approximate surface area is 101 Å². The Balaban J connectivity index is 3.97. The summed E-state index contributed by atoms with van der Waals surface area (Å²) in [5.74, 6) is 0.228. The molecule has 0 aliphatic rings. The van der Waals surface area contributed by atoms with E-state index in [-0.39, 0.29) is 11.5 Å². The lowest BCUT2D eigenvalue weighted by atomic mass is 10.2. The largest absolute Gasteiger partial charge is 0.461 e. The maximum Gasteiger partial charge on any atom is 0.132 e. The van der Waals surface area contributed by atoms with Crippen molar-refractivity contribution in [2.75, 3.05) is 27.4 Å². The van der Waals surface area contributed by atoms with Gasteiger partial charge in [0.05, 0.1) is 0 Å². The maximum absolute atomic E-state index is 12.5. The van der Waals surface area contributed by atoms with Crippen LogP contribution in [0.15, 0.2) is 24.2 Å². The number of methoxy groups -OCH3 is 2. The molecule has 0 N–H and O–H groups in total. The molecule has 0 heterocycles. The van der Waals surface area contributed by atoms with Gasteiger partial charge < -0.3 is 14.2 Å². The van der Waals surface area contributed by atoms with Gasteiger partial charge in [-0.15, -0.1) is 0 Å². The van der Waals surface area contributed by atoms with Crippen molar-refractivity contribution in [2.45, 2.75) is 25.7 Å². The van der Waals surface area contributed by atoms with Crippen LogP contribution >= 0.6 is 0 Å². The molecule has 0 atom stereocenters. The number of allylic oxidation sites excluding steroid dienone is 2. The Bertz CT molecular complexity index is 216. The molecule has 0 saturated carbocycles. The summed E-state index contributed by atoms with van der Waals surface area (Å²) < 4.78 is 39.7. The first-order chi connectivity index (χ1) is 8.28. The quantitative estimate of drug-likeness (QED) is 0.439. The van der Waals surface area contributed by atoms with Crippen LogP contribution in [0.25, 0.3) is 0 Å². The second-order valence-corrected chi connectivity index (χ2v) is 3.45. The van der Waals surface area contributed by atoms with Crippen molar-refractivity contribution >= 4 is 0 Å². The summed E-state index contributed by atoms with van der Waals surface area (Å²) in [4.78, 5) is 0. The minimum absolute atomic E-state index is 0.114. The van der Waals surface area contributed by atoms with E-state index in [1.54, 1.807) is 14.2 Å². The van der Waals surface area contributed by atoms with E-state index in [4.69, 9.17) is 14.2 Å². The first-order valence-electron chi connectivity index (χ1n) is 5.52. The summed E-state index contributed by atoms with van der Waals surface area (Å²) in [7, 11) is 3.13. The molecule has 0 fully saturated rings. The van der Waals surface area contributed by atoms with Crippen molar-refractivity contribution in [1.29, 1.82) is 0 Å². The van der Waals surface area contributed by atoms with Gasteiger partial charge in [0.1, 0.15) is 24.2 Å². The molecule has 5 heteroatoms. The second kappa shape index (κ2) is 11.5. The topological polar surface area (TPSA) is 27.7 Å². The van der Waals surface area contributed by atoms with Crippen molar-refractivity contribution in [3.05, 3.63) is 24.2 Å². The predicted octanol–water partition coefficient (Wildman–Crippen LogP) is 3.48. The molecule has 0 unspecified atom stereocenters. The van der Waals surface area contributed by atoms with E-state index in [1.807, 2.05) is 0 Å². The Morgan fingerprint density at radius 3 is 1.59 bits per heavy atom. The van der Waals surface area contributed by atoms with Gasteiger partial charge in [0.2, 0.25) is 0 Å². The molecule has 0 spiro atoms. The van der Waals surface area contributed by atoms with Gasteiger partial charge in [-0.1, -0.05) is 0 Å². The fraction of sp³-hybridized carbons (Fsp3) is 0.667. The van der Waals surface area contributed by atoms with Crippen molar-refractivity contribution in [3.63, 3.8) is 0 Å². The van der Waals surface area contributed by atoms with Gasteiger partial charge in [-0.3, -0.25) is 0 Å². The molecule has 3 nitrogen and oxygen atoms in total. The minimum atomic E-state index is 0.114. The first-order valence-corrected chi connectivity index (χ1v) is 5.52. The molecule has 0 aromatic rings. The van der Waals surface area contributed by atoms with Crippen LogP contribution < -0.4 is 0 Å². The van der Waals surface area contributed by atoms with Gasteiger partial charge in [-0.05, 0) is 12.8 Å². The van der Waals surface area contributed by atoms with E-state index in [0.717, 1.165) is 0 Å². The van der Waals surface area contributed by atoms with Crippen LogP contribution in [-0.2, 0) is 14.2 Å². The molecule has 0 aliphatic carbocycles. The number of halogens is 2. The van der Waals surface area contributed by atoms with E-state index >= 15 is 0 Å². The van der Waals surface area contributed by atoms with Crippen LogP contribution in [-0.4, -0.2) is 27.4 Å². The van der Waals surface area contributed by atoms with Crippen LogP contribution in [0, 0.1) is 0 Å². The van der Waals surface area contributed by atoms with Crippen LogP contribution in [0.4, 0.5) is 8.78 Å². The van der Waals surface area contributed by atoms with Crippen molar-refractivity contribution in [2.24, 2.45) is 0 Å². The molecule has 0 aliphatic heterocycles. The highest BCUT2D eigenvalue weighted by Gasteiger charge is 2.05. The molecule has 17 heavy (non-hydrogen) atoms. The normalized spacial score (nSPS) is 12.9. The highest BCUT2D eigenvalue weighted by atomic mass is 19.1. The third-order valence-corrected chi connectivity index (χ3v) is 2.05. The fourth-order valence-electron chi connectivity index (χ4n) is 1.21. The van der Waals surface area contributed by atoms with Gasteiger partial charge >= 0.3 is 0 Å². The monoisotopic (exact) mass is 250 g/mol. The van der Waals surface area contributed by atoms with Gasteiger partial charge in [-0.2, -0.15) is 0 Å². The van der Waals surface area contributed by atoms with E-state index in [0.29, 0.717) is 51.6 Å². The van der Waals surface area contributed by atoms with Gasteiger partial charge in [0, 0.05) is 40.3 Å². The first kappa shape index (κ1) is 16.1. The van der Waals surface area contributed by atoms with E-state index < -0.39 is 0 Å². The summed E-state index contributed by atoms with van der Waals surface area (Å²) in [6.07, 6.45) is 2.73. The zero-order valence-corrected chi connectivity index (χ0v) is 10.4. The highest BCUT2D eigenvalue weighted by molar-refractivity contribution is 4.97. The van der Waals surface area contributed by atoms with Gasteiger partial charge in [-0.25, -0.2) is 8.78 Å². The Morgan fingerprint density at radius 2 is 1.29 bits per heavy atom. The number of hydrogen-bond donors (Lipinski definition) is 0. The summed E-state index contributed by atoms with van der Waals surface area (Å²) >= 11 is 0. The highest BCUT2D eigenvalue weighted by Crippen LogP contribution is 2.17. The molecule has 100 valence electrons. The number of ether oxygens (including phenoxy) is 3. The van der Waals surface area contributed by atoms with E-state index in [2.05, 4.69) is 0 Å². The average Bonchev–Trinajstić information content (AvgIpc) is 2.36. The molecule has 0 aromatic heterocycles. The lowest BCUT2D eigenvalue weighted by Gasteiger charge is -2.10. The summed E-state index contributed by atoms with van der Waals surface area (Å²) in [6, 6.07) is 0. The van der Waals surface area contributed by atoms with Gasteiger partial charge in [0.15, 0.2) is 0 Å². The molecular formula is C12H20F2O3. The fourth-order valence-corrected chi connectivity index (χ4v) is 1.21. The smallest absolute Gasteiger partial charge is 0.132 e. The molecule has 0 rings (SSSR count). The average molecular weight is 250 g/mol. The zero-order valence-electron chi connectivity index (χ0n) is 10.4. The van der Waals surface area contributed by atoms with Crippen LogP contribution in [0.3, 0.4) is 0 Å². The Hall–Kier alpha value is -0.940. The van der Waals surface area contributed by atoms with Crippen molar-refractivity contribution < 1.29 is 23.0 Å². The molecule has 0 amide bonds. The van der Waals surface area contributed by atoms with Crippen molar-refractivity contribution in [3.8, 4) is 0 Å². The summed E-state index contributed by atoms with van der Waals surface area (Å²) in [5.41, 5.74) is 0. The lowest BCUT2D eigenvalue weighted by Crippen LogP contribution is -1.98. The van der Waals surface area contributed by atoms with E-state index in [9.17, 15) is 8.78 Å². The maximum atomic E-state index is 12.5. The van der Waals surface area contributed by atoms with E-state index in [1.165, 1.54) is 0 Å². The molecule has 0 bridgehead atoms. The number of rotatable bonds is 10. The van der Waals surface area contributed by atoms with Gasteiger partial charge in [0.25, 0.3) is 0 Å². The third-order valence-electron chi connectivity index (χ3n) is 2.05. The molecular weight excluding hydrogens is 230 g/mol. The Morgan fingerprint density at radius 1 is 0.882 bits per heavy atom. The zero-order chi connectivity index (χ0) is 12.9. The molecule has 0 aromatic carbocycles.